The van der Waals surface area contributed by atoms with E-state index in [-0.39, 0.29) is 18.0 Å². The lowest BCUT2D eigenvalue weighted by Crippen LogP contribution is -2.48. The lowest BCUT2D eigenvalue weighted by molar-refractivity contribution is -0.147. The minimum Gasteiger partial charge on any atom is -0.456 e. The molecule has 0 aromatic heterocycles. The van der Waals surface area contributed by atoms with Crippen molar-refractivity contribution >= 4 is 11.9 Å². The van der Waals surface area contributed by atoms with Gasteiger partial charge in [-0.1, -0.05) is 36.4 Å². The van der Waals surface area contributed by atoms with Crippen LogP contribution in [0.15, 0.2) is 42.5 Å². The zero-order chi connectivity index (χ0) is 15.2. The first-order chi connectivity index (χ1) is 10.1. The van der Waals surface area contributed by atoms with Crippen LogP contribution >= 0.6 is 0 Å². The van der Waals surface area contributed by atoms with E-state index in [9.17, 15) is 9.59 Å². The lowest BCUT2D eigenvalue weighted by atomic mass is 10.1. The van der Waals surface area contributed by atoms with E-state index in [1.807, 2.05) is 36.4 Å². The Morgan fingerprint density at radius 1 is 1.10 bits per heavy atom. The van der Waals surface area contributed by atoms with Crippen molar-refractivity contribution in [2.45, 2.75) is 38.7 Å². The summed E-state index contributed by atoms with van der Waals surface area (Å²) in [6.07, 6.45) is 2.75. The molecule has 0 heterocycles. The average molecular weight is 289 g/mol. The molecule has 0 fully saturated rings. The van der Waals surface area contributed by atoms with E-state index in [2.05, 4.69) is 5.32 Å². The van der Waals surface area contributed by atoms with Crippen molar-refractivity contribution in [3.8, 4) is 0 Å². The molecule has 1 aromatic carbocycles. The van der Waals surface area contributed by atoms with E-state index in [1.54, 1.807) is 6.08 Å². The maximum atomic E-state index is 11.3. The molecular weight excluding hydrogens is 270 g/mol. The number of esters is 1. The van der Waals surface area contributed by atoms with E-state index in [1.165, 1.54) is 13.8 Å². The normalized spacial score (nSPS) is 23.8. The monoisotopic (exact) mass is 289 g/mol. The van der Waals surface area contributed by atoms with Gasteiger partial charge in [0.1, 0.15) is 12.2 Å². The molecule has 1 aliphatic carbocycles. The minimum atomic E-state index is -0.493. The molecule has 5 nitrogen and oxygen atoms in total. The molecule has 1 aliphatic rings. The maximum absolute atomic E-state index is 11.3. The Morgan fingerprint density at radius 2 is 1.76 bits per heavy atom. The fourth-order valence-electron chi connectivity index (χ4n) is 2.27. The first-order valence-electron chi connectivity index (χ1n) is 6.84. The first-order valence-corrected chi connectivity index (χ1v) is 6.84. The molecule has 0 spiro atoms. The Morgan fingerprint density at radius 3 is 2.38 bits per heavy atom. The summed E-state index contributed by atoms with van der Waals surface area (Å²) in [6, 6.07) is 9.36. The van der Waals surface area contributed by atoms with Crippen molar-refractivity contribution in [2.75, 3.05) is 0 Å². The fourth-order valence-corrected chi connectivity index (χ4v) is 2.27. The van der Waals surface area contributed by atoms with Crippen molar-refractivity contribution in [1.82, 2.24) is 5.32 Å². The minimum absolute atomic E-state index is 0.186. The van der Waals surface area contributed by atoms with Crippen molar-refractivity contribution in [1.29, 1.82) is 0 Å². The second kappa shape index (κ2) is 7.04. The molecule has 1 amide bonds. The van der Waals surface area contributed by atoms with Crippen LogP contribution in [0.25, 0.3) is 0 Å². The molecule has 1 N–H and O–H groups in total. The molecule has 21 heavy (non-hydrogen) atoms. The van der Waals surface area contributed by atoms with Crippen LogP contribution in [-0.2, 0) is 25.7 Å². The highest BCUT2D eigenvalue weighted by Gasteiger charge is 2.35. The van der Waals surface area contributed by atoms with Crippen LogP contribution < -0.4 is 5.32 Å². The molecule has 0 saturated carbocycles. The summed E-state index contributed by atoms with van der Waals surface area (Å²) >= 11 is 0. The van der Waals surface area contributed by atoms with Gasteiger partial charge in [0.2, 0.25) is 5.91 Å². The van der Waals surface area contributed by atoms with Gasteiger partial charge in [-0.2, -0.15) is 0 Å². The highest BCUT2D eigenvalue weighted by atomic mass is 16.5. The SMILES string of the molecule is CC(=O)N[C@@H]1[C@@H](OC(C)=O)C=C[C@H]1OCc1ccccc1. The second-order valence-corrected chi connectivity index (χ2v) is 4.95. The highest BCUT2D eigenvalue weighted by Crippen LogP contribution is 2.20. The van der Waals surface area contributed by atoms with Crippen LogP contribution in [0.4, 0.5) is 0 Å². The van der Waals surface area contributed by atoms with Crippen LogP contribution in [0.5, 0.6) is 0 Å². The van der Waals surface area contributed by atoms with Crippen LogP contribution in [0, 0.1) is 0 Å². The van der Waals surface area contributed by atoms with E-state index in [4.69, 9.17) is 9.47 Å². The predicted molar refractivity (Wildman–Crippen MR) is 77.3 cm³/mol. The summed E-state index contributed by atoms with van der Waals surface area (Å²) in [6.45, 7) is 3.20. The zero-order valence-electron chi connectivity index (χ0n) is 12.1. The molecule has 0 unspecified atom stereocenters. The van der Waals surface area contributed by atoms with Gasteiger partial charge in [0.05, 0.1) is 12.6 Å². The van der Waals surface area contributed by atoms with Gasteiger partial charge < -0.3 is 14.8 Å². The Labute approximate surface area is 123 Å². The lowest BCUT2D eigenvalue weighted by Gasteiger charge is -2.25. The number of nitrogens with one attached hydrogen (secondary N) is 1. The summed E-state index contributed by atoms with van der Waals surface area (Å²) in [4.78, 5) is 22.4. The van der Waals surface area contributed by atoms with Crippen molar-refractivity contribution in [2.24, 2.45) is 0 Å². The smallest absolute Gasteiger partial charge is 0.303 e. The predicted octanol–water partition coefficient (Wildman–Crippen LogP) is 1.58. The van der Waals surface area contributed by atoms with Gasteiger partial charge in [-0.15, -0.1) is 0 Å². The second-order valence-electron chi connectivity index (χ2n) is 4.95. The van der Waals surface area contributed by atoms with Gasteiger partial charge in [-0.05, 0) is 11.6 Å². The molecule has 0 saturated heterocycles. The molecule has 3 atom stereocenters. The maximum Gasteiger partial charge on any atom is 0.303 e. The van der Waals surface area contributed by atoms with Gasteiger partial charge in [0.15, 0.2) is 0 Å². The van der Waals surface area contributed by atoms with E-state index in [0.717, 1.165) is 5.56 Å². The van der Waals surface area contributed by atoms with Crippen molar-refractivity contribution in [3.05, 3.63) is 48.0 Å². The fraction of sp³-hybridized carbons (Fsp3) is 0.375. The topological polar surface area (TPSA) is 64.6 Å². The summed E-state index contributed by atoms with van der Waals surface area (Å²) < 4.78 is 11.0. The molecule has 5 heteroatoms. The third-order valence-electron chi connectivity index (χ3n) is 3.16. The number of benzene rings is 1. The van der Waals surface area contributed by atoms with Crippen LogP contribution in [0.1, 0.15) is 19.4 Å². The summed E-state index contributed by atoms with van der Waals surface area (Å²) in [5.74, 6) is -0.571. The third kappa shape index (κ3) is 4.43. The van der Waals surface area contributed by atoms with Gasteiger partial charge in [-0.3, -0.25) is 9.59 Å². The number of rotatable bonds is 5. The molecule has 1 aromatic rings. The van der Waals surface area contributed by atoms with E-state index < -0.39 is 12.1 Å². The number of ether oxygens (including phenoxy) is 2. The highest BCUT2D eigenvalue weighted by molar-refractivity contribution is 5.74. The quantitative estimate of drug-likeness (QED) is 0.660. The van der Waals surface area contributed by atoms with Gasteiger partial charge in [0.25, 0.3) is 0 Å². The number of hydrogen-bond acceptors (Lipinski definition) is 4. The number of carbonyl (C=O) groups is 2. The number of hydrogen-bond donors (Lipinski definition) is 1. The molecule has 0 bridgehead atoms. The first kappa shape index (κ1) is 15.3. The Kier molecular flexibility index (Phi) is 5.11. The van der Waals surface area contributed by atoms with Gasteiger partial charge >= 0.3 is 5.97 Å². The van der Waals surface area contributed by atoms with Gasteiger partial charge in [0, 0.05) is 13.8 Å². The van der Waals surface area contributed by atoms with Crippen LogP contribution in [0.3, 0.4) is 0 Å². The molecule has 112 valence electrons. The Hall–Kier alpha value is -2.14. The molecule has 0 radical (unpaired) electrons. The number of amides is 1. The van der Waals surface area contributed by atoms with Gasteiger partial charge in [-0.25, -0.2) is 0 Å². The average Bonchev–Trinajstić information content (AvgIpc) is 2.79. The number of carbonyl (C=O) groups excluding carboxylic acids is 2. The Balaban J connectivity index is 1.98. The summed E-state index contributed by atoms with van der Waals surface area (Å²) in [5.41, 5.74) is 1.04. The van der Waals surface area contributed by atoms with Crippen molar-refractivity contribution < 1.29 is 19.1 Å². The van der Waals surface area contributed by atoms with Crippen LogP contribution in [-0.4, -0.2) is 30.1 Å². The summed E-state index contributed by atoms with van der Waals surface area (Å²) in [5, 5.41) is 2.78. The van der Waals surface area contributed by atoms with Crippen LogP contribution in [0.2, 0.25) is 0 Å². The van der Waals surface area contributed by atoms with Crippen molar-refractivity contribution in [3.63, 3.8) is 0 Å². The molecule has 2 rings (SSSR count). The van der Waals surface area contributed by atoms with E-state index >= 15 is 0 Å². The molecule has 0 aliphatic heterocycles. The molecular formula is C16H19NO4. The summed E-state index contributed by atoms with van der Waals surface area (Å²) in [7, 11) is 0. The third-order valence-corrected chi connectivity index (χ3v) is 3.16. The Bertz CT molecular complexity index is 526. The standard InChI is InChI=1S/C16H19NO4/c1-11(18)17-16-14(8-9-15(16)21-12(2)19)20-10-13-6-4-3-5-7-13/h3-9,14-16H,10H2,1-2H3,(H,17,18)/t14-,15+,16+/m1/s1. The zero-order valence-corrected chi connectivity index (χ0v) is 12.1. The largest absolute Gasteiger partial charge is 0.456 e. The van der Waals surface area contributed by atoms with E-state index in [0.29, 0.717) is 6.61 Å².